The van der Waals surface area contributed by atoms with E-state index in [1.165, 1.54) is 30.3 Å². The highest BCUT2D eigenvalue weighted by Gasteiger charge is 2.12. The molecule has 3 aromatic carbocycles. The molecule has 0 radical (unpaired) electrons. The first-order valence-corrected chi connectivity index (χ1v) is 9.75. The minimum absolute atomic E-state index is 0.0457. The molecular formula is C16H15NO6S2. The van der Waals surface area contributed by atoms with Gasteiger partial charge in [0.15, 0.2) is 0 Å². The summed E-state index contributed by atoms with van der Waals surface area (Å²) >= 11 is 0. The lowest BCUT2D eigenvalue weighted by Crippen LogP contribution is -1.98. The number of anilines is 1. The normalized spacial score (nSPS) is 11.6. The minimum Gasteiger partial charge on any atom is -0.399 e. The Hall–Kier alpha value is -2.46. The van der Waals surface area contributed by atoms with Crippen molar-refractivity contribution in [3.8, 4) is 0 Å². The third-order valence-electron chi connectivity index (χ3n) is 3.21. The zero-order valence-corrected chi connectivity index (χ0v) is 14.4. The van der Waals surface area contributed by atoms with Crippen LogP contribution in [-0.2, 0) is 20.2 Å². The summed E-state index contributed by atoms with van der Waals surface area (Å²) in [5.41, 5.74) is 5.75. The lowest BCUT2D eigenvalue weighted by molar-refractivity contribution is 0.481. The Morgan fingerprint density at radius 1 is 0.680 bits per heavy atom. The van der Waals surface area contributed by atoms with Gasteiger partial charge in [-0.25, -0.2) is 0 Å². The first-order valence-electron chi connectivity index (χ1n) is 6.87. The van der Waals surface area contributed by atoms with Gasteiger partial charge in [-0.2, -0.15) is 16.8 Å². The van der Waals surface area contributed by atoms with Gasteiger partial charge in [-0.05, 0) is 35.7 Å². The van der Waals surface area contributed by atoms with E-state index < -0.39 is 20.2 Å². The molecule has 0 aromatic heterocycles. The predicted molar refractivity (Wildman–Crippen MR) is 94.4 cm³/mol. The largest absolute Gasteiger partial charge is 0.399 e. The average molecular weight is 381 g/mol. The van der Waals surface area contributed by atoms with Gasteiger partial charge in [-0.1, -0.05) is 36.4 Å². The van der Waals surface area contributed by atoms with Crippen LogP contribution in [0, 0.1) is 0 Å². The Bertz CT molecular complexity index is 1090. The second kappa shape index (κ2) is 7.19. The number of benzene rings is 3. The first-order chi connectivity index (χ1) is 11.6. The van der Waals surface area contributed by atoms with Crippen molar-refractivity contribution in [2.75, 3.05) is 5.73 Å². The lowest BCUT2D eigenvalue weighted by atomic mass is 10.1. The summed E-state index contributed by atoms with van der Waals surface area (Å²) in [4.78, 5) is -0.192. The van der Waals surface area contributed by atoms with Crippen LogP contribution in [0.25, 0.3) is 10.8 Å². The average Bonchev–Trinajstić information content (AvgIpc) is 2.53. The second-order valence-corrected chi connectivity index (χ2v) is 7.81. The molecule has 0 unspecified atom stereocenters. The molecule has 132 valence electrons. The van der Waals surface area contributed by atoms with E-state index in [1.807, 2.05) is 6.07 Å². The summed E-state index contributed by atoms with van der Waals surface area (Å²) in [5, 5.41) is 1.33. The van der Waals surface area contributed by atoms with Crippen molar-refractivity contribution in [3.05, 3.63) is 66.7 Å². The molecule has 0 spiro atoms. The second-order valence-electron chi connectivity index (χ2n) is 5.00. The number of fused-ring (bicyclic) bond motifs is 1. The van der Waals surface area contributed by atoms with Gasteiger partial charge in [0.1, 0.15) is 4.90 Å². The fourth-order valence-corrected chi connectivity index (χ4v) is 3.25. The van der Waals surface area contributed by atoms with Crippen molar-refractivity contribution in [1.29, 1.82) is 0 Å². The van der Waals surface area contributed by atoms with E-state index in [2.05, 4.69) is 0 Å². The Morgan fingerprint density at radius 2 is 1.24 bits per heavy atom. The first kappa shape index (κ1) is 18.9. The zero-order chi connectivity index (χ0) is 18.7. The van der Waals surface area contributed by atoms with Crippen LogP contribution in [0.1, 0.15) is 0 Å². The van der Waals surface area contributed by atoms with Gasteiger partial charge in [0.2, 0.25) is 0 Å². The molecule has 0 amide bonds. The molecule has 0 saturated carbocycles. The standard InChI is InChI=1S/C10H8O3S.C6H7NO3S/c11-14(12,13)10-7-3-5-8-4-1-2-6-9(8)10;7-5-1-3-6(4-2-5)11(8,9)10/h1-7H,(H,11,12,13);1-4H,7H2,(H,8,9,10). The molecule has 0 heterocycles. The maximum Gasteiger partial charge on any atom is 0.295 e. The van der Waals surface area contributed by atoms with Gasteiger partial charge in [0.05, 0.1) is 4.90 Å². The summed E-state index contributed by atoms with van der Waals surface area (Å²) in [6.07, 6.45) is 0. The van der Waals surface area contributed by atoms with E-state index in [0.717, 1.165) is 5.39 Å². The third kappa shape index (κ3) is 5.00. The van der Waals surface area contributed by atoms with Crippen LogP contribution >= 0.6 is 0 Å². The Morgan fingerprint density at radius 3 is 1.80 bits per heavy atom. The van der Waals surface area contributed by atoms with Crippen LogP contribution in [-0.4, -0.2) is 25.9 Å². The number of hydrogen-bond donors (Lipinski definition) is 3. The van der Waals surface area contributed by atoms with Gasteiger partial charge < -0.3 is 5.73 Å². The lowest BCUT2D eigenvalue weighted by Gasteiger charge is -2.02. The molecule has 0 aliphatic heterocycles. The smallest absolute Gasteiger partial charge is 0.295 e. The van der Waals surface area contributed by atoms with Crippen LogP contribution in [0.15, 0.2) is 76.5 Å². The van der Waals surface area contributed by atoms with E-state index in [1.54, 1.807) is 30.3 Å². The highest BCUT2D eigenvalue weighted by atomic mass is 32.2. The van der Waals surface area contributed by atoms with Crippen LogP contribution in [0.2, 0.25) is 0 Å². The van der Waals surface area contributed by atoms with Crippen molar-refractivity contribution in [2.24, 2.45) is 0 Å². The van der Waals surface area contributed by atoms with Gasteiger partial charge in [-0.15, -0.1) is 0 Å². The van der Waals surface area contributed by atoms with Crippen LogP contribution < -0.4 is 5.73 Å². The van der Waals surface area contributed by atoms with Crippen molar-refractivity contribution >= 4 is 36.7 Å². The quantitative estimate of drug-likeness (QED) is 0.458. The van der Waals surface area contributed by atoms with Gasteiger partial charge in [0, 0.05) is 11.1 Å². The van der Waals surface area contributed by atoms with E-state index in [9.17, 15) is 16.8 Å². The highest BCUT2D eigenvalue weighted by molar-refractivity contribution is 7.86. The molecule has 7 nitrogen and oxygen atoms in total. The molecule has 4 N–H and O–H groups in total. The summed E-state index contributed by atoms with van der Waals surface area (Å²) in [7, 11) is -8.20. The molecule has 3 aromatic rings. The molecular weight excluding hydrogens is 366 g/mol. The van der Waals surface area contributed by atoms with E-state index in [4.69, 9.17) is 14.8 Å². The van der Waals surface area contributed by atoms with Crippen molar-refractivity contribution in [2.45, 2.75) is 9.79 Å². The fraction of sp³-hybridized carbons (Fsp3) is 0. The van der Waals surface area contributed by atoms with Gasteiger partial charge in [0.25, 0.3) is 20.2 Å². The SMILES string of the molecule is Nc1ccc(S(=O)(=O)O)cc1.O=S(=O)(O)c1cccc2ccccc12. The molecule has 25 heavy (non-hydrogen) atoms. The van der Waals surface area contributed by atoms with E-state index in [-0.39, 0.29) is 9.79 Å². The fourth-order valence-electron chi connectivity index (χ4n) is 2.06. The van der Waals surface area contributed by atoms with E-state index >= 15 is 0 Å². The Kier molecular flexibility index (Phi) is 5.43. The number of nitrogens with two attached hydrogens (primary N) is 1. The summed E-state index contributed by atoms with van der Waals surface area (Å²) in [6, 6.07) is 17.1. The number of rotatable bonds is 2. The predicted octanol–water partition coefficient (Wildman–Crippen LogP) is 2.60. The molecule has 0 fully saturated rings. The van der Waals surface area contributed by atoms with Crippen LogP contribution in [0.5, 0.6) is 0 Å². The molecule has 9 heteroatoms. The van der Waals surface area contributed by atoms with Crippen LogP contribution in [0.4, 0.5) is 5.69 Å². The summed E-state index contributed by atoms with van der Waals surface area (Å²) in [6.45, 7) is 0. The van der Waals surface area contributed by atoms with E-state index in [0.29, 0.717) is 11.1 Å². The molecule has 0 saturated heterocycles. The maximum atomic E-state index is 11.0. The Labute approximate surface area is 145 Å². The molecule has 3 rings (SSSR count). The van der Waals surface area contributed by atoms with Crippen LogP contribution in [0.3, 0.4) is 0 Å². The highest BCUT2D eigenvalue weighted by Crippen LogP contribution is 2.22. The molecule has 0 atom stereocenters. The molecule has 0 aliphatic rings. The van der Waals surface area contributed by atoms with Crippen molar-refractivity contribution in [3.63, 3.8) is 0 Å². The maximum absolute atomic E-state index is 11.0. The number of nitrogen functional groups attached to an aromatic ring is 1. The van der Waals surface area contributed by atoms with Gasteiger partial charge >= 0.3 is 0 Å². The van der Waals surface area contributed by atoms with Gasteiger partial charge in [-0.3, -0.25) is 9.11 Å². The third-order valence-corrected chi connectivity index (χ3v) is 4.99. The van der Waals surface area contributed by atoms with Crippen molar-refractivity contribution < 1.29 is 25.9 Å². The monoisotopic (exact) mass is 381 g/mol. The Balaban J connectivity index is 0.000000186. The summed E-state index contributed by atoms with van der Waals surface area (Å²) in [5.74, 6) is 0. The van der Waals surface area contributed by atoms with Crippen molar-refractivity contribution in [1.82, 2.24) is 0 Å². The zero-order valence-electron chi connectivity index (χ0n) is 12.8. The molecule has 0 bridgehead atoms. The molecule has 0 aliphatic carbocycles. The summed E-state index contributed by atoms with van der Waals surface area (Å²) < 4.78 is 60.4. The minimum atomic E-state index is -4.13. The number of hydrogen-bond acceptors (Lipinski definition) is 5. The topological polar surface area (TPSA) is 135 Å².